The molecule has 5 rings (SSSR count). The number of halogens is 2. The smallest absolute Gasteiger partial charge is 0.155 e. The number of allylic oxidation sites excluding steroid dienone is 2. The maximum atomic E-state index is 14.2. The zero-order chi connectivity index (χ0) is 25.1. The van der Waals surface area contributed by atoms with Crippen LogP contribution in [0.2, 0.25) is 0 Å². The van der Waals surface area contributed by atoms with Gasteiger partial charge in [-0.1, -0.05) is 41.3 Å². The number of benzene rings is 4. The van der Waals surface area contributed by atoms with E-state index in [2.05, 4.69) is 17.1 Å². The van der Waals surface area contributed by atoms with Crippen LogP contribution in [0.1, 0.15) is 19.4 Å². The third-order valence-electron chi connectivity index (χ3n) is 5.35. The number of aliphatic hydroxyl groups excluding tert-OH is 1. The van der Waals surface area contributed by atoms with Gasteiger partial charge in [0.2, 0.25) is 0 Å². The number of fused-ring (bicyclic) bond motifs is 4. The average Bonchev–Trinajstić information content (AvgIpc) is 2.82. The molecule has 36 heavy (non-hydrogen) atoms. The molecular formula is C29H19F2IrN2O2-. The number of nitriles is 1. The molecule has 181 valence electrons. The Balaban J connectivity index is 0.000000400. The van der Waals surface area contributed by atoms with Crippen LogP contribution >= 0.6 is 0 Å². The number of rotatable bonds is 2. The fourth-order valence-corrected chi connectivity index (χ4v) is 3.98. The van der Waals surface area contributed by atoms with Gasteiger partial charge in [0.05, 0.1) is 11.8 Å². The number of hydrogen-bond acceptors (Lipinski definition) is 4. The van der Waals surface area contributed by atoms with Gasteiger partial charge in [-0.2, -0.15) is 5.26 Å². The van der Waals surface area contributed by atoms with Crippen LogP contribution in [-0.2, 0) is 24.9 Å². The Morgan fingerprint density at radius 1 is 0.972 bits per heavy atom. The van der Waals surface area contributed by atoms with Gasteiger partial charge in [0.25, 0.3) is 0 Å². The molecule has 7 heteroatoms. The Morgan fingerprint density at radius 3 is 2.36 bits per heavy atom. The minimum absolute atomic E-state index is 0. The molecule has 1 aromatic heterocycles. The van der Waals surface area contributed by atoms with E-state index in [-0.39, 0.29) is 31.6 Å². The zero-order valence-corrected chi connectivity index (χ0v) is 21.7. The molecule has 1 N–H and O–H groups in total. The monoisotopic (exact) mass is 658 g/mol. The number of aromatic nitrogens is 1. The molecule has 4 aromatic carbocycles. The Labute approximate surface area is 219 Å². The summed E-state index contributed by atoms with van der Waals surface area (Å²) in [6.07, 6.45) is 2.77. The number of nitrogens with zero attached hydrogens (tertiary/aromatic N) is 2. The molecular weight excluding hydrogens is 639 g/mol. The van der Waals surface area contributed by atoms with E-state index < -0.39 is 11.6 Å². The first kappa shape index (κ1) is 26.6. The van der Waals surface area contributed by atoms with Crippen molar-refractivity contribution in [2.45, 2.75) is 13.8 Å². The van der Waals surface area contributed by atoms with Crippen LogP contribution < -0.4 is 0 Å². The minimum Gasteiger partial charge on any atom is -0.512 e. The molecule has 4 nitrogen and oxygen atoms in total. The van der Waals surface area contributed by atoms with Gasteiger partial charge in [0, 0.05) is 49.5 Å². The van der Waals surface area contributed by atoms with Gasteiger partial charge in [-0.05, 0) is 47.7 Å². The molecule has 0 unspecified atom stereocenters. The molecule has 0 aliphatic heterocycles. The van der Waals surface area contributed by atoms with Gasteiger partial charge in [-0.3, -0.25) is 9.78 Å². The normalized spacial score (nSPS) is 10.9. The van der Waals surface area contributed by atoms with Gasteiger partial charge in [-0.25, -0.2) is 8.78 Å². The summed E-state index contributed by atoms with van der Waals surface area (Å²) in [5.74, 6) is -1.29. The molecule has 0 saturated heterocycles. The number of hydrogen-bond donors (Lipinski definition) is 1. The third-order valence-corrected chi connectivity index (χ3v) is 5.35. The largest absolute Gasteiger partial charge is 0.512 e. The molecule has 0 fully saturated rings. The Kier molecular flexibility index (Phi) is 8.26. The maximum absolute atomic E-state index is 14.2. The molecule has 0 aliphatic carbocycles. The van der Waals surface area contributed by atoms with Crippen molar-refractivity contribution in [2.24, 2.45) is 0 Å². The van der Waals surface area contributed by atoms with Gasteiger partial charge in [-0.15, -0.1) is 23.6 Å². The van der Waals surface area contributed by atoms with Gasteiger partial charge in [0.1, 0.15) is 11.6 Å². The summed E-state index contributed by atoms with van der Waals surface area (Å²) >= 11 is 0. The minimum atomic E-state index is -0.625. The molecule has 0 bridgehead atoms. The quantitative estimate of drug-likeness (QED) is 0.0944. The van der Waals surface area contributed by atoms with Crippen molar-refractivity contribution in [3.63, 3.8) is 0 Å². The fourth-order valence-electron chi connectivity index (χ4n) is 3.98. The van der Waals surface area contributed by atoms with Crippen LogP contribution in [0.25, 0.3) is 43.6 Å². The number of carbonyl (C=O) groups excluding carboxylic acids is 1. The van der Waals surface area contributed by atoms with E-state index in [4.69, 9.17) is 5.11 Å². The topological polar surface area (TPSA) is 74.0 Å². The van der Waals surface area contributed by atoms with E-state index in [9.17, 15) is 18.8 Å². The second kappa shape index (κ2) is 11.2. The molecule has 0 spiro atoms. The summed E-state index contributed by atoms with van der Waals surface area (Å²) in [5, 5.41) is 21.8. The summed E-state index contributed by atoms with van der Waals surface area (Å²) in [6.45, 7) is 2.85. The second-order valence-electron chi connectivity index (χ2n) is 7.95. The van der Waals surface area contributed by atoms with Gasteiger partial charge in [0.15, 0.2) is 5.78 Å². The van der Waals surface area contributed by atoms with Gasteiger partial charge >= 0.3 is 0 Å². The third kappa shape index (κ3) is 5.46. The second-order valence-corrected chi connectivity index (χ2v) is 7.95. The number of aliphatic hydroxyl groups is 1. The van der Waals surface area contributed by atoms with E-state index in [0.717, 1.165) is 22.2 Å². The van der Waals surface area contributed by atoms with Crippen LogP contribution in [-0.4, -0.2) is 15.9 Å². The fraction of sp³-hybridized carbons (Fsp3) is 0.0690. The Hall–Kier alpha value is -3.98. The van der Waals surface area contributed by atoms with Crippen LogP contribution in [0.5, 0.6) is 0 Å². The number of ketones is 1. The van der Waals surface area contributed by atoms with Crippen molar-refractivity contribution >= 4 is 38.1 Å². The van der Waals surface area contributed by atoms with Crippen molar-refractivity contribution in [1.82, 2.24) is 4.98 Å². The molecule has 0 atom stereocenters. The molecule has 0 aliphatic rings. The van der Waals surface area contributed by atoms with Crippen LogP contribution in [0.4, 0.5) is 8.78 Å². The summed E-state index contributed by atoms with van der Waals surface area (Å²) in [5.41, 5.74) is 1.81. The Bertz CT molecular complexity index is 1690. The predicted octanol–water partition coefficient (Wildman–Crippen LogP) is 7.19. The van der Waals surface area contributed by atoms with Crippen molar-refractivity contribution in [3.05, 3.63) is 102 Å². The summed E-state index contributed by atoms with van der Waals surface area (Å²) < 4.78 is 28.0. The summed E-state index contributed by atoms with van der Waals surface area (Å²) in [6, 6.07) is 22.2. The van der Waals surface area contributed by atoms with Crippen LogP contribution in [0.3, 0.4) is 0 Å². The van der Waals surface area contributed by atoms with Crippen LogP contribution in [0, 0.1) is 29.0 Å². The van der Waals surface area contributed by atoms with Crippen molar-refractivity contribution in [2.75, 3.05) is 0 Å². The van der Waals surface area contributed by atoms with E-state index in [0.29, 0.717) is 33.0 Å². The maximum Gasteiger partial charge on any atom is 0.155 e. The Morgan fingerprint density at radius 2 is 1.69 bits per heavy atom. The molecule has 0 amide bonds. The SMILES string of the molecule is CC(=O)/C=C(/C)O.N#Cc1cc(-c2nccc3c2ccc2c(F)cc(F)cc23)[c-]c2ccccc12.[Ir]. The zero-order valence-electron chi connectivity index (χ0n) is 19.3. The molecule has 1 radical (unpaired) electrons. The number of carbonyl (C=O) groups is 1. The predicted molar refractivity (Wildman–Crippen MR) is 133 cm³/mol. The standard InChI is InChI=1S/C24H11F2N2.C5H8O2.Ir/c25-17-11-22-19-7-8-28-24(21(19)6-5-20(22)23(26)12-17)15-9-14-3-1-2-4-18(14)16(10-15)13-27;1-4(6)3-5(2)7;/h1-8,10-12H;3,6H,1-2H3;/q-1;;/b;4-3-;. The van der Waals surface area contributed by atoms with Crippen molar-refractivity contribution in [3.8, 4) is 17.3 Å². The van der Waals surface area contributed by atoms with E-state index in [1.807, 2.05) is 24.3 Å². The molecule has 1 heterocycles. The van der Waals surface area contributed by atoms with Crippen LogP contribution in [0.15, 0.2) is 78.7 Å². The number of pyridine rings is 1. The van der Waals surface area contributed by atoms with Crippen molar-refractivity contribution in [1.29, 1.82) is 5.26 Å². The van der Waals surface area contributed by atoms with Gasteiger partial charge < -0.3 is 5.11 Å². The summed E-state index contributed by atoms with van der Waals surface area (Å²) in [7, 11) is 0. The van der Waals surface area contributed by atoms with E-state index >= 15 is 0 Å². The first-order chi connectivity index (χ1) is 16.8. The first-order valence-corrected chi connectivity index (χ1v) is 10.7. The first-order valence-electron chi connectivity index (χ1n) is 10.7. The van der Waals surface area contributed by atoms with E-state index in [1.165, 1.54) is 26.0 Å². The van der Waals surface area contributed by atoms with Crippen molar-refractivity contribution < 1.29 is 38.8 Å². The molecule has 0 saturated carbocycles. The van der Waals surface area contributed by atoms with E-state index in [1.54, 1.807) is 30.5 Å². The average molecular weight is 658 g/mol. The molecule has 5 aromatic rings. The summed E-state index contributed by atoms with van der Waals surface area (Å²) in [4.78, 5) is 14.5.